The predicted octanol–water partition coefficient (Wildman–Crippen LogP) is 2.53. The van der Waals surface area contributed by atoms with Crippen LogP contribution < -0.4 is 0 Å². The molecule has 2 rings (SSSR count). The van der Waals surface area contributed by atoms with Gasteiger partial charge in [-0.1, -0.05) is 18.2 Å². The molecule has 1 aromatic rings. The molecule has 0 spiro atoms. The smallest absolute Gasteiger partial charge is 0.0446 e. The third-order valence-electron chi connectivity index (χ3n) is 2.07. The molecule has 0 aliphatic heterocycles. The molecule has 0 amide bonds. The van der Waals surface area contributed by atoms with Crippen molar-refractivity contribution in [3.8, 4) is 0 Å². The van der Waals surface area contributed by atoms with Crippen LogP contribution in [0.25, 0.3) is 5.57 Å². The number of aromatic amines is 1. The van der Waals surface area contributed by atoms with Gasteiger partial charge in [0.2, 0.25) is 0 Å². The van der Waals surface area contributed by atoms with Gasteiger partial charge < -0.3 is 4.98 Å². The van der Waals surface area contributed by atoms with E-state index >= 15 is 0 Å². The normalized spacial score (nSPS) is 16.1. The van der Waals surface area contributed by atoms with Gasteiger partial charge in [0.05, 0.1) is 0 Å². The molecule has 11 heavy (non-hydrogen) atoms. The number of nitrogens with one attached hydrogen (secondary N) is 1. The van der Waals surface area contributed by atoms with Crippen LogP contribution >= 0.6 is 0 Å². The molecule has 0 saturated carbocycles. The maximum absolute atomic E-state index is 3.95. The fourth-order valence-electron chi connectivity index (χ4n) is 1.59. The van der Waals surface area contributed by atoms with Gasteiger partial charge in [0, 0.05) is 11.9 Å². The second-order valence-electron chi connectivity index (χ2n) is 3.04. The monoisotopic (exact) mass is 145 g/mol. The van der Waals surface area contributed by atoms with Crippen molar-refractivity contribution in [2.24, 2.45) is 0 Å². The highest BCUT2D eigenvalue weighted by molar-refractivity contribution is 5.69. The quantitative estimate of drug-likeness (QED) is 0.577. The van der Waals surface area contributed by atoms with Crippen LogP contribution in [-0.4, -0.2) is 4.98 Å². The minimum Gasteiger partial charge on any atom is -0.361 e. The molecule has 0 unspecified atom stereocenters. The number of rotatable bonds is 0. The molecule has 0 aromatic carbocycles. The summed E-state index contributed by atoms with van der Waals surface area (Å²) in [7, 11) is 0. The van der Waals surface area contributed by atoms with E-state index in [0.29, 0.717) is 0 Å². The Labute approximate surface area is 66.4 Å². The zero-order valence-electron chi connectivity index (χ0n) is 6.65. The van der Waals surface area contributed by atoms with Crippen molar-refractivity contribution < 1.29 is 0 Å². The molecular weight excluding hydrogens is 134 g/mol. The Balaban J connectivity index is 2.58. The molecule has 56 valence electrons. The fraction of sp³-hybridized carbons (Fsp3) is 0.200. The minimum atomic E-state index is 0.996. The Morgan fingerprint density at radius 1 is 1.55 bits per heavy atom. The van der Waals surface area contributed by atoms with Gasteiger partial charge in [-0.05, 0) is 30.5 Å². The van der Waals surface area contributed by atoms with Crippen molar-refractivity contribution in [1.82, 2.24) is 4.98 Å². The number of H-pyrrole nitrogens is 1. The number of allylic oxidation sites excluding steroid dienone is 3. The second-order valence-corrected chi connectivity index (χ2v) is 3.04. The zero-order valence-corrected chi connectivity index (χ0v) is 6.65. The van der Waals surface area contributed by atoms with E-state index in [0.717, 1.165) is 6.42 Å². The Morgan fingerprint density at radius 2 is 2.36 bits per heavy atom. The van der Waals surface area contributed by atoms with Crippen LogP contribution in [0.5, 0.6) is 0 Å². The van der Waals surface area contributed by atoms with Crippen LogP contribution in [-0.2, 0) is 6.42 Å². The van der Waals surface area contributed by atoms with Crippen LogP contribution in [0.1, 0.15) is 18.2 Å². The first-order valence-electron chi connectivity index (χ1n) is 3.80. The molecule has 0 atom stereocenters. The van der Waals surface area contributed by atoms with Gasteiger partial charge in [0.15, 0.2) is 0 Å². The standard InChI is InChI=1S/C10H11N/c1-7-5-8(2)10-9(6-7)3-4-11-10/h3-5,11H,1,6H2,2H3. The van der Waals surface area contributed by atoms with E-state index < -0.39 is 0 Å². The summed E-state index contributed by atoms with van der Waals surface area (Å²) in [6, 6.07) is 2.12. The molecule has 1 heterocycles. The highest BCUT2D eigenvalue weighted by atomic mass is 14.7. The number of aromatic nitrogens is 1. The lowest BCUT2D eigenvalue weighted by Crippen LogP contribution is -1.97. The van der Waals surface area contributed by atoms with Crippen LogP contribution in [0.2, 0.25) is 0 Å². The van der Waals surface area contributed by atoms with Gasteiger partial charge in [-0.2, -0.15) is 0 Å². The number of hydrogen-bond donors (Lipinski definition) is 1. The van der Waals surface area contributed by atoms with Crippen LogP contribution in [0, 0.1) is 0 Å². The van der Waals surface area contributed by atoms with Crippen LogP contribution in [0.3, 0.4) is 0 Å². The zero-order chi connectivity index (χ0) is 7.84. The van der Waals surface area contributed by atoms with Gasteiger partial charge in [-0.15, -0.1) is 0 Å². The van der Waals surface area contributed by atoms with Crippen molar-refractivity contribution in [1.29, 1.82) is 0 Å². The Morgan fingerprint density at radius 3 is 3.18 bits per heavy atom. The van der Waals surface area contributed by atoms with Crippen molar-refractivity contribution >= 4 is 5.57 Å². The third kappa shape index (κ3) is 0.929. The molecule has 0 fully saturated rings. The molecule has 1 aliphatic rings. The van der Waals surface area contributed by atoms with E-state index in [-0.39, 0.29) is 0 Å². The van der Waals surface area contributed by atoms with E-state index in [2.05, 4.69) is 30.6 Å². The summed E-state index contributed by atoms with van der Waals surface area (Å²) >= 11 is 0. The third-order valence-corrected chi connectivity index (χ3v) is 2.07. The summed E-state index contributed by atoms with van der Waals surface area (Å²) in [5.41, 5.74) is 5.14. The average molecular weight is 145 g/mol. The lowest BCUT2D eigenvalue weighted by Gasteiger charge is -2.11. The molecule has 1 nitrogen and oxygen atoms in total. The molecule has 1 N–H and O–H groups in total. The van der Waals surface area contributed by atoms with Gasteiger partial charge in [-0.3, -0.25) is 0 Å². The molecule has 0 saturated heterocycles. The first-order chi connectivity index (χ1) is 5.27. The van der Waals surface area contributed by atoms with E-state index in [4.69, 9.17) is 0 Å². The highest BCUT2D eigenvalue weighted by Gasteiger charge is 2.10. The topological polar surface area (TPSA) is 15.8 Å². The fourth-order valence-corrected chi connectivity index (χ4v) is 1.59. The van der Waals surface area contributed by atoms with Crippen molar-refractivity contribution in [2.45, 2.75) is 13.3 Å². The second kappa shape index (κ2) is 2.12. The predicted molar refractivity (Wildman–Crippen MR) is 47.3 cm³/mol. The van der Waals surface area contributed by atoms with Crippen LogP contribution in [0.15, 0.2) is 30.5 Å². The Bertz CT molecular complexity index is 328. The minimum absolute atomic E-state index is 0.996. The maximum atomic E-state index is 3.95. The maximum Gasteiger partial charge on any atom is 0.0446 e. The summed E-state index contributed by atoms with van der Waals surface area (Å²) in [4.78, 5) is 3.22. The molecule has 1 aromatic heterocycles. The number of fused-ring (bicyclic) bond motifs is 1. The average Bonchev–Trinajstić information content (AvgIpc) is 2.34. The summed E-state index contributed by atoms with van der Waals surface area (Å²) < 4.78 is 0. The highest BCUT2D eigenvalue weighted by Crippen LogP contribution is 2.26. The Kier molecular flexibility index (Phi) is 1.25. The molecule has 0 radical (unpaired) electrons. The van der Waals surface area contributed by atoms with Gasteiger partial charge in [0.25, 0.3) is 0 Å². The van der Waals surface area contributed by atoms with E-state index in [1.807, 2.05) is 6.20 Å². The Hall–Kier alpha value is -1.24. The van der Waals surface area contributed by atoms with Crippen molar-refractivity contribution in [2.75, 3.05) is 0 Å². The molecular formula is C10H11N. The summed E-state index contributed by atoms with van der Waals surface area (Å²) in [6.45, 7) is 6.06. The van der Waals surface area contributed by atoms with Gasteiger partial charge in [0.1, 0.15) is 0 Å². The van der Waals surface area contributed by atoms with E-state index in [1.165, 1.54) is 22.4 Å². The van der Waals surface area contributed by atoms with Gasteiger partial charge in [-0.25, -0.2) is 0 Å². The first-order valence-corrected chi connectivity index (χ1v) is 3.80. The van der Waals surface area contributed by atoms with Crippen LogP contribution in [0.4, 0.5) is 0 Å². The van der Waals surface area contributed by atoms with E-state index in [1.54, 1.807) is 0 Å². The van der Waals surface area contributed by atoms with Gasteiger partial charge >= 0.3 is 0 Å². The summed E-state index contributed by atoms with van der Waals surface area (Å²) in [5, 5.41) is 0. The largest absolute Gasteiger partial charge is 0.361 e. The lowest BCUT2D eigenvalue weighted by atomic mass is 9.95. The van der Waals surface area contributed by atoms with Crippen molar-refractivity contribution in [3.05, 3.63) is 41.7 Å². The molecule has 1 aliphatic carbocycles. The summed E-state index contributed by atoms with van der Waals surface area (Å²) in [6.07, 6.45) is 5.12. The first kappa shape index (κ1) is 6.47. The summed E-state index contributed by atoms with van der Waals surface area (Å²) in [5.74, 6) is 0. The SMILES string of the molecule is C=C1C=C(C)c2[nH]ccc2C1. The lowest BCUT2D eigenvalue weighted by molar-refractivity contribution is 1.15. The molecule has 1 heteroatoms. The van der Waals surface area contributed by atoms with E-state index in [9.17, 15) is 0 Å². The number of hydrogen-bond acceptors (Lipinski definition) is 0. The van der Waals surface area contributed by atoms with Crippen molar-refractivity contribution in [3.63, 3.8) is 0 Å². The molecule has 0 bridgehead atoms.